The molecule has 0 bridgehead atoms. The van der Waals surface area contributed by atoms with E-state index in [-0.39, 0.29) is 18.4 Å². The smallest absolute Gasteiger partial charge is 0.222 e. The first-order valence-corrected chi connectivity index (χ1v) is 15.0. The molecule has 1 amide bonds. The fourth-order valence-electron chi connectivity index (χ4n) is 5.67. The van der Waals surface area contributed by atoms with Crippen LogP contribution in [0.25, 0.3) is 5.00 Å². The Morgan fingerprint density at radius 3 is 2.48 bits per heavy atom. The summed E-state index contributed by atoms with van der Waals surface area (Å²) in [6.45, 7) is 9.10. The second-order valence-electron chi connectivity index (χ2n) is 10.7. The SMILES string of the molecule is Cc1sc2c(c1C)C(c1ccc(Cl)cc1)=NC(CC(=O)NC1CCN(Cc3ccccc3)CC1)c1nnc(C)n1-2. The van der Waals surface area contributed by atoms with Crippen molar-refractivity contribution in [2.45, 2.75) is 58.7 Å². The summed E-state index contributed by atoms with van der Waals surface area (Å²) in [5, 5.41) is 14.0. The number of aromatic nitrogens is 3. The van der Waals surface area contributed by atoms with Crippen LogP contribution in [0.1, 0.15) is 64.1 Å². The molecule has 1 fully saturated rings. The molecule has 0 spiro atoms. The molecule has 1 unspecified atom stereocenters. The minimum absolute atomic E-state index is 0.00363. The molecule has 7 nitrogen and oxygen atoms in total. The first kappa shape index (κ1) is 26.9. The number of carbonyl (C=O) groups is 1. The number of carbonyl (C=O) groups excluding carboxylic acids is 1. The van der Waals surface area contributed by atoms with Gasteiger partial charge in [-0.25, -0.2) is 0 Å². The Labute approximate surface area is 243 Å². The van der Waals surface area contributed by atoms with Crippen molar-refractivity contribution in [2.75, 3.05) is 13.1 Å². The van der Waals surface area contributed by atoms with E-state index >= 15 is 0 Å². The molecule has 1 saturated heterocycles. The molecule has 2 aromatic carbocycles. The fraction of sp³-hybridized carbons (Fsp3) is 0.355. The summed E-state index contributed by atoms with van der Waals surface area (Å²) >= 11 is 7.93. The lowest BCUT2D eigenvalue weighted by Crippen LogP contribution is -2.44. The summed E-state index contributed by atoms with van der Waals surface area (Å²) in [5.74, 6) is 1.49. The Kier molecular flexibility index (Phi) is 7.57. The summed E-state index contributed by atoms with van der Waals surface area (Å²) in [6.07, 6.45) is 2.09. The van der Waals surface area contributed by atoms with Crippen molar-refractivity contribution in [1.29, 1.82) is 0 Å². The van der Waals surface area contributed by atoms with Crippen LogP contribution < -0.4 is 5.32 Å². The summed E-state index contributed by atoms with van der Waals surface area (Å²) in [5.41, 5.74) is 5.42. The van der Waals surface area contributed by atoms with Crippen LogP contribution in [-0.4, -0.2) is 50.4 Å². The summed E-state index contributed by atoms with van der Waals surface area (Å²) in [4.78, 5) is 22.3. The molecule has 0 radical (unpaired) electrons. The minimum atomic E-state index is -0.454. The molecule has 0 saturated carbocycles. The molecular weight excluding hydrogens is 540 g/mol. The van der Waals surface area contributed by atoms with Gasteiger partial charge in [0, 0.05) is 46.7 Å². The van der Waals surface area contributed by atoms with Crippen LogP contribution in [0.15, 0.2) is 59.6 Å². The molecule has 4 aromatic rings. The number of piperidine rings is 1. The maximum atomic E-state index is 13.4. The first-order valence-electron chi connectivity index (χ1n) is 13.8. The maximum Gasteiger partial charge on any atom is 0.222 e. The maximum absolute atomic E-state index is 13.4. The van der Waals surface area contributed by atoms with E-state index in [1.165, 1.54) is 16.0 Å². The van der Waals surface area contributed by atoms with Gasteiger partial charge < -0.3 is 5.32 Å². The van der Waals surface area contributed by atoms with Crippen LogP contribution in [0.5, 0.6) is 0 Å². The van der Waals surface area contributed by atoms with Gasteiger partial charge in [0.15, 0.2) is 5.82 Å². The van der Waals surface area contributed by atoms with E-state index in [0.29, 0.717) is 10.8 Å². The van der Waals surface area contributed by atoms with E-state index in [9.17, 15) is 4.79 Å². The van der Waals surface area contributed by atoms with E-state index in [2.05, 4.69) is 63.1 Å². The van der Waals surface area contributed by atoms with Crippen LogP contribution in [0.3, 0.4) is 0 Å². The normalized spacial score (nSPS) is 17.6. The summed E-state index contributed by atoms with van der Waals surface area (Å²) in [7, 11) is 0. The number of thiophene rings is 1. The highest BCUT2D eigenvalue weighted by Gasteiger charge is 2.33. The van der Waals surface area contributed by atoms with Crippen LogP contribution in [-0.2, 0) is 11.3 Å². The van der Waals surface area contributed by atoms with Gasteiger partial charge in [0.2, 0.25) is 5.91 Å². The standard InChI is InChI=1S/C31H33ClN6OS/c1-19-20(2)40-31-28(19)29(23-9-11-24(32)12-10-23)34-26(30-36-35-21(3)38(30)31)17-27(39)33-25-13-15-37(16-14-25)18-22-7-5-4-6-8-22/h4-12,25-26H,13-18H2,1-3H3,(H,33,39). The van der Waals surface area contributed by atoms with E-state index in [1.54, 1.807) is 11.3 Å². The third kappa shape index (κ3) is 5.36. The van der Waals surface area contributed by atoms with Crippen molar-refractivity contribution < 1.29 is 4.79 Å². The first-order chi connectivity index (χ1) is 19.4. The van der Waals surface area contributed by atoms with E-state index in [0.717, 1.165) is 60.1 Å². The second-order valence-corrected chi connectivity index (χ2v) is 12.4. The highest BCUT2D eigenvalue weighted by Crippen LogP contribution is 2.39. The number of aliphatic imine (C=N–C) groups is 1. The Bertz CT molecular complexity index is 1550. The quantitative estimate of drug-likeness (QED) is 0.309. The molecule has 1 atom stereocenters. The molecule has 40 heavy (non-hydrogen) atoms. The van der Waals surface area contributed by atoms with Gasteiger partial charge in [-0.1, -0.05) is 54.1 Å². The lowest BCUT2D eigenvalue weighted by Gasteiger charge is -2.32. The number of hydrogen-bond donors (Lipinski definition) is 1. The summed E-state index contributed by atoms with van der Waals surface area (Å²) in [6, 6.07) is 18.0. The number of halogens is 1. The number of aryl methyl sites for hydroxylation is 2. The molecule has 2 aliphatic heterocycles. The fourth-order valence-corrected chi connectivity index (χ4v) is 7.01. The predicted molar refractivity (Wildman–Crippen MR) is 161 cm³/mol. The van der Waals surface area contributed by atoms with Gasteiger partial charge in [0.1, 0.15) is 16.9 Å². The largest absolute Gasteiger partial charge is 0.353 e. The van der Waals surface area contributed by atoms with Crippen LogP contribution in [0.2, 0.25) is 5.02 Å². The number of nitrogens with zero attached hydrogens (tertiary/aromatic N) is 5. The van der Waals surface area contributed by atoms with E-state index < -0.39 is 6.04 Å². The highest BCUT2D eigenvalue weighted by atomic mass is 35.5. The zero-order chi connectivity index (χ0) is 27.8. The van der Waals surface area contributed by atoms with Crippen LogP contribution in [0.4, 0.5) is 0 Å². The number of nitrogens with one attached hydrogen (secondary N) is 1. The number of amides is 1. The Balaban J connectivity index is 1.23. The number of fused-ring (bicyclic) bond motifs is 3. The van der Waals surface area contributed by atoms with Crippen molar-refractivity contribution in [3.8, 4) is 5.00 Å². The molecule has 2 aliphatic rings. The van der Waals surface area contributed by atoms with Gasteiger partial charge in [-0.3, -0.25) is 19.3 Å². The summed E-state index contributed by atoms with van der Waals surface area (Å²) < 4.78 is 2.09. The van der Waals surface area contributed by atoms with Crippen molar-refractivity contribution in [3.63, 3.8) is 0 Å². The van der Waals surface area contributed by atoms with Gasteiger partial charge in [0.25, 0.3) is 0 Å². The molecular formula is C31H33ClN6OS. The molecule has 6 rings (SSSR count). The molecule has 2 aromatic heterocycles. The molecule has 9 heteroatoms. The average Bonchev–Trinajstić information content (AvgIpc) is 3.43. The second kappa shape index (κ2) is 11.3. The zero-order valence-corrected chi connectivity index (χ0v) is 24.6. The predicted octanol–water partition coefficient (Wildman–Crippen LogP) is 5.97. The van der Waals surface area contributed by atoms with Gasteiger partial charge in [-0.2, -0.15) is 0 Å². The van der Waals surface area contributed by atoms with Gasteiger partial charge in [-0.15, -0.1) is 21.5 Å². The average molecular weight is 573 g/mol. The van der Waals surface area contributed by atoms with Crippen molar-refractivity contribution >= 4 is 34.6 Å². The van der Waals surface area contributed by atoms with Crippen molar-refractivity contribution in [1.82, 2.24) is 25.0 Å². The Morgan fingerprint density at radius 2 is 1.75 bits per heavy atom. The van der Waals surface area contributed by atoms with Gasteiger partial charge in [-0.05, 0) is 56.9 Å². The topological polar surface area (TPSA) is 75.4 Å². The van der Waals surface area contributed by atoms with Gasteiger partial charge >= 0.3 is 0 Å². The molecule has 206 valence electrons. The molecule has 0 aliphatic carbocycles. The number of likely N-dealkylation sites (tertiary alicyclic amines) is 1. The number of hydrogen-bond acceptors (Lipinski definition) is 6. The highest BCUT2D eigenvalue weighted by molar-refractivity contribution is 7.15. The van der Waals surface area contributed by atoms with Crippen molar-refractivity contribution in [2.24, 2.45) is 4.99 Å². The molecule has 1 N–H and O–H groups in total. The van der Waals surface area contributed by atoms with Gasteiger partial charge in [0.05, 0.1) is 12.1 Å². The third-order valence-electron chi connectivity index (χ3n) is 7.94. The monoisotopic (exact) mass is 572 g/mol. The number of rotatable bonds is 6. The van der Waals surface area contributed by atoms with E-state index in [1.807, 2.05) is 37.3 Å². The van der Waals surface area contributed by atoms with E-state index in [4.69, 9.17) is 16.6 Å². The zero-order valence-electron chi connectivity index (χ0n) is 23.0. The van der Waals surface area contributed by atoms with Crippen LogP contribution in [0, 0.1) is 20.8 Å². The Hall–Kier alpha value is -3.33. The van der Waals surface area contributed by atoms with Crippen molar-refractivity contribution in [3.05, 3.63) is 98.4 Å². The third-order valence-corrected chi connectivity index (χ3v) is 9.38. The minimum Gasteiger partial charge on any atom is -0.353 e. The molecule has 4 heterocycles. The lowest BCUT2D eigenvalue weighted by molar-refractivity contribution is -0.122. The number of benzene rings is 2. The lowest BCUT2D eigenvalue weighted by atomic mass is 9.99. The van der Waals surface area contributed by atoms with Crippen LogP contribution >= 0.6 is 22.9 Å². The Morgan fingerprint density at radius 1 is 1.02 bits per heavy atom.